The number of rotatable bonds is 1. The van der Waals surface area contributed by atoms with Gasteiger partial charge >= 0.3 is 5.97 Å². The molecule has 0 aromatic rings. The quantitative estimate of drug-likeness (QED) is 0.389. The fourth-order valence-electron chi connectivity index (χ4n) is 0.989. The Labute approximate surface area is 62.3 Å². The Hall–Kier alpha value is -1.16. The molecule has 1 rings (SSSR count). The van der Waals surface area contributed by atoms with E-state index in [9.17, 15) is 9.59 Å². The first kappa shape index (κ1) is 7.94. The molecule has 0 spiro atoms. The summed E-state index contributed by atoms with van der Waals surface area (Å²) >= 11 is 0. The summed E-state index contributed by atoms with van der Waals surface area (Å²) in [5.41, 5.74) is -0.127. The van der Waals surface area contributed by atoms with E-state index >= 15 is 0 Å². The van der Waals surface area contributed by atoms with Crippen LogP contribution in [0.1, 0.15) is 0 Å². The van der Waals surface area contributed by atoms with Gasteiger partial charge in [-0.25, -0.2) is 4.79 Å². The molecule has 11 heavy (non-hydrogen) atoms. The van der Waals surface area contributed by atoms with Crippen LogP contribution in [-0.2, 0) is 9.59 Å². The first-order valence-electron chi connectivity index (χ1n) is 3.06. The van der Waals surface area contributed by atoms with Crippen molar-refractivity contribution in [3.63, 3.8) is 0 Å². The van der Waals surface area contributed by atoms with Crippen molar-refractivity contribution in [2.75, 3.05) is 6.54 Å². The van der Waals surface area contributed by atoms with E-state index in [4.69, 9.17) is 10.2 Å². The highest BCUT2D eigenvalue weighted by Gasteiger charge is 2.34. The Balaban J connectivity index is 2.86. The second-order valence-electron chi connectivity index (χ2n) is 2.25. The van der Waals surface area contributed by atoms with Gasteiger partial charge in [-0.05, 0) is 0 Å². The molecular formula is C6H7NO4. The van der Waals surface area contributed by atoms with Gasteiger partial charge in [0.1, 0.15) is 18.1 Å². The number of aliphatic hydroxyl groups excluding tert-OH is 1. The van der Waals surface area contributed by atoms with Gasteiger partial charge in [0.2, 0.25) is 0 Å². The van der Waals surface area contributed by atoms with Crippen molar-refractivity contribution in [2.45, 2.75) is 12.1 Å². The van der Waals surface area contributed by atoms with Crippen LogP contribution in [0.3, 0.4) is 0 Å². The maximum absolute atomic E-state index is 10.3. The van der Waals surface area contributed by atoms with Gasteiger partial charge in [0, 0.05) is 6.54 Å². The maximum atomic E-state index is 10.3. The van der Waals surface area contributed by atoms with E-state index in [1.54, 1.807) is 0 Å². The number of β-amino-alcohol motifs (C(OH)–C–C–N with tert-alkyl or cyclic N) is 1. The lowest BCUT2D eigenvalue weighted by Gasteiger charge is -2.02. The molecule has 0 radical (unpaired) electrons. The number of carbonyl (C=O) groups excluding carboxylic acids is 1. The van der Waals surface area contributed by atoms with Gasteiger partial charge in [-0.15, -0.1) is 0 Å². The minimum absolute atomic E-state index is 0.0988. The average molecular weight is 157 g/mol. The number of hydrogen-bond acceptors (Lipinski definition) is 4. The van der Waals surface area contributed by atoms with Crippen molar-refractivity contribution in [3.05, 3.63) is 5.57 Å². The molecule has 1 heterocycles. The Morgan fingerprint density at radius 3 is 2.73 bits per heavy atom. The van der Waals surface area contributed by atoms with Gasteiger partial charge in [-0.1, -0.05) is 0 Å². The summed E-state index contributed by atoms with van der Waals surface area (Å²) in [7, 11) is 0. The first-order chi connectivity index (χ1) is 5.16. The first-order valence-corrected chi connectivity index (χ1v) is 3.06. The van der Waals surface area contributed by atoms with Crippen LogP contribution in [0.25, 0.3) is 0 Å². The number of carbonyl (C=O) groups is 1. The molecule has 0 amide bonds. The second kappa shape index (κ2) is 2.84. The number of hydrogen-bond donors (Lipinski definition) is 3. The summed E-state index contributed by atoms with van der Waals surface area (Å²) in [4.78, 5) is 20.5. The van der Waals surface area contributed by atoms with E-state index in [1.807, 2.05) is 0 Å². The van der Waals surface area contributed by atoms with Crippen LogP contribution < -0.4 is 5.32 Å². The van der Waals surface area contributed by atoms with Crippen LogP contribution in [0, 0.1) is 0 Å². The third-order valence-corrected chi connectivity index (χ3v) is 1.55. The maximum Gasteiger partial charge on any atom is 0.325 e. The van der Waals surface area contributed by atoms with Crippen molar-refractivity contribution in [1.82, 2.24) is 5.32 Å². The SMILES string of the molecule is O=C=C1C(O)CNC1C(=O)O. The van der Waals surface area contributed by atoms with Gasteiger partial charge in [-0.2, -0.15) is 0 Å². The third kappa shape index (κ3) is 1.30. The number of carboxylic acid groups (broad SMARTS) is 1. The van der Waals surface area contributed by atoms with E-state index in [0.717, 1.165) is 0 Å². The summed E-state index contributed by atoms with van der Waals surface area (Å²) in [6.45, 7) is 0.0988. The predicted octanol–water partition coefficient (Wildman–Crippen LogP) is -1.84. The molecule has 1 fully saturated rings. The highest BCUT2D eigenvalue weighted by Crippen LogP contribution is 2.11. The molecule has 0 aliphatic carbocycles. The molecule has 1 saturated heterocycles. The molecule has 60 valence electrons. The number of aliphatic hydroxyl groups is 1. The zero-order valence-electron chi connectivity index (χ0n) is 5.57. The minimum atomic E-state index is -1.17. The van der Waals surface area contributed by atoms with Gasteiger partial charge in [0.25, 0.3) is 0 Å². The lowest BCUT2D eigenvalue weighted by molar-refractivity contribution is -0.138. The number of aliphatic carboxylic acids is 1. The van der Waals surface area contributed by atoms with E-state index in [1.165, 1.54) is 5.94 Å². The Morgan fingerprint density at radius 1 is 1.73 bits per heavy atom. The van der Waals surface area contributed by atoms with Crippen LogP contribution in [0.2, 0.25) is 0 Å². The normalized spacial score (nSPS) is 30.1. The van der Waals surface area contributed by atoms with E-state index < -0.39 is 18.1 Å². The van der Waals surface area contributed by atoms with Crippen LogP contribution in [0.15, 0.2) is 5.57 Å². The van der Waals surface area contributed by atoms with Crippen molar-refractivity contribution in [1.29, 1.82) is 0 Å². The predicted molar refractivity (Wildman–Crippen MR) is 34.6 cm³/mol. The topological polar surface area (TPSA) is 86.6 Å². The second-order valence-corrected chi connectivity index (χ2v) is 2.25. The number of carboxylic acids is 1. The highest BCUT2D eigenvalue weighted by molar-refractivity contribution is 5.82. The largest absolute Gasteiger partial charge is 0.480 e. The molecule has 0 aromatic heterocycles. The van der Waals surface area contributed by atoms with E-state index in [2.05, 4.69) is 5.32 Å². The molecule has 0 bridgehead atoms. The molecule has 2 unspecified atom stereocenters. The summed E-state index contributed by atoms with van der Waals surface area (Å²) in [5.74, 6) is 0.252. The van der Waals surface area contributed by atoms with E-state index in [-0.39, 0.29) is 12.1 Å². The third-order valence-electron chi connectivity index (χ3n) is 1.55. The Morgan fingerprint density at radius 2 is 2.36 bits per heavy atom. The standard InChI is InChI=1S/C6H7NO4/c8-2-3-4(9)1-7-5(3)6(10)11/h4-5,7,9H,1H2,(H,10,11). The monoisotopic (exact) mass is 157 g/mol. The molecule has 3 N–H and O–H groups in total. The van der Waals surface area contributed by atoms with Crippen molar-refractivity contribution >= 4 is 11.9 Å². The molecule has 2 atom stereocenters. The molecule has 1 aliphatic heterocycles. The highest BCUT2D eigenvalue weighted by atomic mass is 16.4. The zero-order chi connectivity index (χ0) is 8.43. The number of nitrogens with one attached hydrogen (secondary N) is 1. The van der Waals surface area contributed by atoms with Gasteiger partial charge in [0.15, 0.2) is 0 Å². The van der Waals surface area contributed by atoms with Gasteiger partial charge in [-0.3, -0.25) is 10.1 Å². The lowest BCUT2D eigenvalue weighted by Crippen LogP contribution is -2.31. The smallest absolute Gasteiger partial charge is 0.325 e. The summed E-state index contributed by atoms with van der Waals surface area (Å²) in [6.07, 6.45) is -1.01. The van der Waals surface area contributed by atoms with Crippen molar-refractivity contribution < 1.29 is 19.8 Å². The molecular weight excluding hydrogens is 150 g/mol. The molecule has 1 aliphatic rings. The lowest BCUT2D eigenvalue weighted by atomic mass is 10.1. The van der Waals surface area contributed by atoms with E-state index in [0.29, 0.717) is 0 Å². The van der Waals surface area contributed by atoms with Crippen LogP contribution in [-0.4, -0.2) is 40.8 Å². The van der Waals surface area contributed by atoms with Crippen LogP contribution in [0.4, 0.5) is 0 Å². The summed E-state index contributed by atoms with van der Waals surface area (Å²) in [6, 6.07) is -1.07. The molecule has 0 saturated carbocycles. The summed E-state index contributed by atoms with van der Waals surface area (Å²) in [5, 5.41) is 19.9. The zero-order valence-corrected chi connectivity index (χ0v) is 5.57. The Bertz CT molecular complexity index is 231. The van der Waals surface area contributed by atoms with Crippen molar-refractivity contribution in [2.24, 2.45) is 0 Å². The van der Waals surface area contributed by atoms with Crippen LogP contribution in [0.5, 0.6) is 0 Å². The minimum Gasteiger partial charge on any atom is -0.480 e. The Kier molecular flexibility index (Phi) is 2.05. The fourth-order valence-corrected chi connectivity index (χ4v) is 0.989. The van der Waals surface area contributed by atoms with Gasteiger partial charge < -0.3 is 10.2 Å². The average Bonchev–Trinajstić information content (AvgIpc) is 2.30. The van der Waals surface area contributed by atoms with Crippen molar-refractivity contribution in [3.8, 4) is 0 Å². The summed E-state index contributed by atoms with van der Waals surface area (Å²) < 4.78 is 0. The van der Waals surface area contributed by atoms with Gasteiger partial charge in [0.05, 0.1) is 5.57 Å². The fraction of sp³-hybridized carbons (Fsp3) is 0.500. The molecule has 5 heteroatoms. The molecule has 5 nitrogen and oxygen atoms in total. The van der Waals surface area contributed by atoms with Crippen LogP contribution >= 0.6 is 0 Å². The molecule has 0 aromatic carbocycles.